The maximum absolute atomic E-state index is 13.1. The van der Waals surface area contributed by atoms with Gasteiger partial charge >= 0.3 is 6.03 Å². The second-order valence-corrected chi connectivity index (χ2v) is 10.4. The maximum Gasteiger partial charge on any atom is 0.324 e. The van der Waals surface area contributed by atoms with Gasteiger partial charge in [0.1, 0.15) is 12.3 Å². The number of carbonyl (C=O) groups is 3. The van der Waals surface area contributed by atoms with Gasteiger partial charge in [-0.2, -0.15) is 0 Å². The molecule has 0 aliphatic carbocycles. The van der Waals surface area contributed by atoms with Crippen molar-refractivity contribution in [2.24, 2.45) is 0 Å². The number of thiophene rings is 1. The lowest BCUT2D eigenvalue weighted by Gasteiger charge is -2.29. The maximum atomic E-state index is 13.1. The molecular weight excluding hydrogens is 490 g/mol. The molecule has 2 N–H and O–H groups in total. The quantitative estimate of drug-likeness (QED) is 0.521. The molecule has 1 aromatic carbocycles. The van der Waals surface area contributed by atoms with Crippen LogP contribution >= 0.6 is 22.9 Å². The highest BCUT2D eigenvalue weighted by atomic mass is 35.5. The Labute approximate surface area is 210 Å². The van der Waals surface area contributed by atoms with Gasteiger partial charge in [-0.05, 0) is 24.3 Å². The van der Waals surface area contributed by atoms with E-state index in [2.05, 4.69) is 15.6 Å². The Morgan fingerprint density at radius 2 is 2.03 bits per heavy atom. The van der Waals surface area contributed by atoms with Crippen molar-refractivity contribution in [3.05, 3.63) is 45.9 Å². The number of piperazine rings is 1. The second kappa shape index (κ2) is 8.78. The van der Waals surface area contributed by atoms with Gasteiger partial charge in [0, 0.05) is 65.4 Å². The van der Waals surface area contributed by atoms with Crippen LogP contribution in [0.3, 0.4) is 0 Å². The number of urea groups is 1. The minimum Gasteiger partial charge on any atom is -0.479 e. The molecule has 0 spiro atoms. The highest BCUT2D eigenvalue weighted by Crippen LogP contribution is 2.44. The summed E-state index contributed by atoms with van der Waals surface area (Å²) in [5.74, 6) is 0.378. The molecule has 11 heteroatoms. The van der Waals surface area contributed by atoms with Gasteiger partial charge in [-0.15, -0.1) is 11.3 Å². The molecule has 3 aliphatic heterocycles. The largest absolute Gasteiger partial charge is 0.479 e. The van der Waals surface area contributed by atoms with Gasteiger partial charge in [-0.3, -0.25) is 19.9 Å². The van der Waals surface area contributed by atoms with E-state index in [1.807, 2.05) is 29.2 Å². The van der Waals surface area contributed by atoms with E-state index in [4.69, 9.17) is 16.3 Å². The molecule has 0 saturated carbocycles. The molecule has 4 amide bonds. The molecular formula is C24H22ClN5O4S. The first-order valence-electron chi connectivity index (χ1n) is 11.4. The lowest BCUT2D eigenvalue weighted by atomic mass is 10.0. The predicted molar refractivity (Wildman–Crippen MR) is 132 cm³/mol. The SMILES string of the molecule is O=C1CN(Cc2cc3nccc(-c4cc(Cl)cc5c4O[C@@H](C(=O)N4CCNCC4)C5)c3s2)C(=O)N1. The lowest BCUT2D eigenvalue weighted by molar-refractivity contribution is -0.138. The number of benzene rings is 1. The molecule has 180 valence electrons. The van der Waals surface area contributed by atoms with Crippen molar-refractivity contribution in [1.29, 1.82) is 0 Å². The minimum atomic E-state index is -0.567. The second-order valence-electron chi connectivity index (χ2n) is 8.82. The van der Waals surface area contributed by atoms with E-state index in [0.717, 1.165) is 44.9 Å². The zero-order valence-corrected chi connectivity index (χ0v) is 20.2. The third kappa shape index (κ3) is 4.11. The zero-order valence-electron chi connectivity index (χ0n) is 18.7. The fourth-order valence-electron chi connectivity index (χ4n) is 4.83. The number of fused-ring (bicyclic) bond motifs is 2. The van der Waals surface area contributed by atoms with Gasteiger partial charge in [0.05, 0.1) is 16.8 Å². The lowest BCUT2D eigenvalue weighted by Crippen LogP contribution is -2.50. The molecule has 5 heterocycles. The predicted octanol–water partition coefficient (Wildman–Crippen LogP) is 2.40. The van der Waals surface area contributed by atoms with Crippen molar-refractivity contribution in [3.63, 3.8) is 0 Å². The zero-order chi connectivity index (χ0) is 24.1. The average molecular weight is 512 g/mol. The summed E-state index contributed by atoms with van der Waals surface area (Å²) in [5, 5.41) is 6.14. The number of ether oxygens (including phenoxy) is 1. The van der Waals surface area contributed by atoms with E-state index < -0.39 is 6.10 Å². The van der Waals surface area contributed by atoms with Gasteiger partial charge < -0.3 is 19.9 Å². The van der Waals surface area contributed by atoms with Crippen LogP contribution in [0, 0.1) is 0 Å². The Balaban J connectivity index is 1.33. The van der Waals surface area contributed by atoms with Crippen LogP contribution in [0.4, 0.5) is 4.79 Å². The monoisotopic (exact) mass is 511 g/mol. The van der Waals surface area contributed by atoms with Crippen LogP contribution in [-0.4, -0.2) is 71.5 Å². The van der Waals surface area contributed by atoms with E-state index in [0.29, 0.717) is 36.8 Å². The third-order valence-electron chi connectivity index (χ3n) is 6.47. The molecule has 35 heavy (non-hydrogen) atoms. The standard InChI is InChI=1S/C24H22ClN5O4S/c25-14-7-13-8-19(23(32)29-5-3-26-4-6-29)34-21(13)17(9-14)16-1-2-27-18-10-15(35-22(16)18)11-30-12-20(31)28-24(30)33/h1-2,7,9-10,19,26H,3-6,8,11-12H2,(H,28,31,33)/t19-/m1/s1. The van der Waals surface area contributed by atoms with E-state index in [9.17, 15) is 14.4 Å². The highest BCUT2D eigenvalue weighted by molar-refractivity contribution is 7.19. The van der Waals surface area contributed by atoms with Crippen molar-refractivity contribution in [2.75, 3.05) is 32.7 Å². The number of hydrogen-bond acceptors (Lipinski definition) is 7. The molecule has 2 saturated heterocycles. The molecule has 2 aromatic heterocycles. The van der Waals surface area contributed by atoms with Gasteiger partial charge in [0.2, 0.25) is 5.91 Å². The number of halogens is 1. The third-order valence-corrected chi connectivity index (χ3v) is 7.83. The Bertz CT molecular complexity index is 1370. The minimum absolute atomic E-state index is 0.00138. The summed E-state index contributed by atoms with van der Waals surface area (Å²) in [6.07, 6.45) is 1.64. The molecule has 0 radical (unpaired) electrons. The average Bonchev–Trinajstić information content (AvgIpc) is 3.54. The number of hydrogen-bond donors (Lipinski definition) is 2. The van der Waals surface area contributed by atoms with Crippen molar-refractivity contribution in [2.45, 2.75) is 19.1 Å². The number of amides is 4. The molecule has 3 aromatic rings. The fraction of sp³-hybridized carbons (Fsp3) is 0.333. The Morgan fingerprint density at radius 3 is 2.80 bits per heavy atom. The van der Waals surface area contributed by atoms with Crippen molar-refractivity contribution < 1.29 is 19.1 Å². The summed E-state index contributed by atoms with van der Waals surface area (Å²) in [5.41, 5.74) is 3.42. The number of nitrogens with one attached hydrogen (secondary N) is 2. The molecule has 9 nitrogen and oxygen atoms in total. The van der Waals surface area contributed by atoms with Crippen LogP contribution in [0.2, 0.25) is 5.02 Å². The molecule has 0 unspecified atom stereocenters. The normalized spacial score (nSPS) is 19.7. The summed E-state index contributed by atoms with van der Waals surface area (Å²) in [6.45, 7) is 3.28. The van der Waals surface area contributed by atoms with Crippen LogP contribution in [0.1, 0.15) is 10.4 Å². The first-order valence-corrected chi connectivity index (χ1v) is 12.6. The number of imide groups is 1. The van der Waals surface area contributed by atoms with E-state index in [1.54, 1.807) is 6.20 Å². The number of pyridine rings is 1. The van der Waals surface area contributed by atoms with Crippen LogP contribution in [0.25, 0.3) is 21.3 Å². The highest BCUT2D eigenvalue weighted by Gasteiger charge is 2.35. The van der Waals surface area contributed by atoms with Crippen LogP contribution in [-0.2, 0) is 22.6 Å². The molecule has 0 bridgehead atoms. The van der Waals surface area contributed by atoms with Crippen LogP contribution < -0.4 is 15.4 Å². The first kappa shape index (κ1) is 22.3. The smallest absolute Gasteiger partial charge is 0.324 e. The van der Waals surface area contributed by atoms with Gasteiger partial charge in [-0.25, -0.2) is 4.79 Å². The Kier molecular flexibility index (Phi) is 5.58. The number of aromatic nitrogens is 1. The van der Waals surface area contributed by atoms with Gasteiger partial charge in [0.25, 0.3) is 5.91 Å². The topological polar surface area (TPSA) is 104 Å². The van der Waals surface area contributed by atoms with Gasteiger partial charge in [0.15, 0.2) is 6.10 Å². The molecule has 6 rings (SSSR count). The van der Waals surface area contributed by atoms with Crippen molar-refractivity contribution in [3.8, 4) is 16.9 Å². The number of nitrogens with zero attached hydrogens (tertiary/aromatic N) is 3. The molecule has 3 aliphatic rings. The Hall–Kier alpha value is -3.21. The van der Waals surface area contributed by atoms with Crippen molar-refractivity contribution in [1.82, 2.24) is 25.4 Å². The molecule has 2 fully saturated rings. The summed E-state index contributed by atoms with van der Waals surface area (Å²) in [6, 6.07) is 7.19. The van der Waals surface area contributed by atoms with Crippen LogP contribution in [0.15, 0.2) is 30.5 Å². The summed E-state index contributed by atoms with van der Waals surface area (Å²) < 4.78 is 7.20. The summed E-state index contributed by atoms with van der Waals surface area (Å²) >= 11 is 8.01. The Morgan fingerprint density at radius 1 is 1.20 bits per heavy atom. The van der Waals surface area contributed by atoms with E-state index in [-0.39, 0.29) is 24.4 Å². The van der Waals surface area contributed by atoms with E-state index in [1.165, 1.54) is 16.2 Å². The summed E-state index contributed by atoms with van der Waals surface area (Å²) in [4.78, 5) is 45.4. The number of carbonyl (C=O) groups excluding carboxylic acids is 3. The summed E-state index contributed by atoms with van der Waals surface area (Å²) in [7, 11) is 0. The molecule has 1 atom stereocenters. The number of rotatable bonds is 4. The van der Waals surface area contributed by atoms with Crippen LogP contribution in [0.5, 0.6) is 5.75 Å². The van der Waals surface area contributed by atoms with E-state index >= 15 is 0 Å². The van der Waals surface area contributed by atoms with Gasteiger partial charge in [-0.1, -0.05) is 11.6 Å². The first-order chi connectivity index (χ1) is 17.0. The van der Waals surface area contributed by atoms with Crippen molar-refractivity contribution >= 4 is 51.0 Å². The fourth-order valence-corrected chi connectivity index (χ4v) is 6.23.